The van der Waals surface area contributed by atoms with Gasteiger partial charge in [0.25, 0.3) is 6.47 Å². The lowest BCUT2D eigenvalue weighted by atomic mass is 10.2. The summed E-state index contributed by atoms with van der Waals surface area (Å²) in [5, 5.41) is 2.45. The van der Waals surface area contributed by atoms with Gasteiger partial charge in [-0.2, -0.15) is 0 Å². The molecule has 1 aromatic heterocycles. The predicted molar refractivity (Wildman–Crippen MR) is 68.6 cm³/mol. The molecule has 1 heterocycles. The van der Waals surface area contributed by atoms with Crippen molar-refractivity contribution < 1.29 is 9.53 Å². The van der Waals surface area contributed by atoms with Crippen LogP contribution in [0.1, 0.15) is 20.8 Å². The molecular weight excluding hydrogens is 214 g/mol. The molecule has 0 aliphatic heterocycles. The summed E-state index contributed by atoms with van der Waals surface area (Å²) in [6, 6.07) is 10.2. The Morgan fingerprint density at radius 2 is 1.76 bits per heavy atom. The quantitative estimate of drug-likeness (QED) is 0.707. The lowest BCUT2D eigenvalue weighted by Gasteiger charge is -2.14. The number of aromatic nitrogens is 1. The number of ether oxygens (including phenoxy) is 1. The fraction of sp³-hybridized carbons (Fsp3) is 0.286. The molecule has 0 atom stereocenters. The largest absolute Gasteiger partial charge is 0.462 e. The van der Waals surface area contributed by atoms with E-state index in [0.29, 0.717) is 6.47 Å². The molecular formula is C14H17NO2. The van der Waals surface area contributed by atoms with E-state index in [1.54, 1.807) is 0 Å². The van der Waals surface area contributed by atoms with Crippen molar-refractivity contribution in [2.45, 2.75) is 26.4 Å². The molecule has 0 fully saturated rings. The fourth-order valence-electron chi connectivity index (χ4n) is 1.17. The van der Waals surface area contributed by atoms with E-state index in [0.717, 1.165) is 0 Å². The van der Waals surface area contributed by atoms with Crippen molar-refractivity contribution in [1.82, 2.24) is 4.98 Å². The fourth-order valence-corrected chi connectivity index (χ4v) is 1.17. The molecule has 1 aromatic carbocycles. The van der Waals surface area contributed by atoms with E-state index in [2.05, 4.69) is 21.9 Å². The van der Waals surface area contributed by atoms with Crippen LogP contribution in [0, 0.1) is 0 Å². The summed E-state index contributed by atoms with van der Waals surface area (Å²) >= 11 is 0. The van der Waals surface area contributed by atoms with E-state index in [1.165, 1.54) is 10.8 Å². The summed E-state index contributed by atoms with van der Waals surface area (Å²) in [5.74, 6) is 0. The summed E-state index contributed by atoms with van der Waals surface area (Å²) in [6.07, 6.45) is 3.68. The van der Waals surface area contributed by atoms with Crippen LogP contribution in [0.15, 0.2) is 42.7 Å². The zero-order valence-electron chi connectivity index (χ0n) is 10.4. The zero-order chi connectivity index (χ0) is 12.7. The Hall–Kier alpha value is -1.90. The standard InChI is InChI=1S/C9H7N.C5H10O2/c1-2-4-9-7-10-6-5-8(9)3-1;1-5(2,3)7-4-6/h1-7H;4H,1-3H3. The van der Waals surface area contributed by atoms with Crippen molar-refractivity contribution in [3.05, 3.63) is 42.7 Å². The predicted octanol–water partition coefficient (Wildman–Crippen LogP) is 3.19. The molecule has 0 radical (unpaired) electrons. The van der Waals surface area contributed by atoms with E-state index < -0.39 is 0 Å². The molecule has 0 amide bonds. The molecule has 90 valence electrons. The first-order chi connectivity index (χ1) is 8.03. The first-order valence-corrected chi connectivity index (χ1v) is 5.43. The highest BCUT2D eigenvalue weighted by atomic mass is 16.5. The van der Waals surface area contributed by atoms with Crippen molar-refractivity contribution in [1.29, 1.82) is 0 Å². The molecule has 0 spiro atoms. The second-order valence-electron chi connectivity index (χ2n) is 4.55. The number of nitrogens with zero attached hydrogens (tertiary/aromatic N) is 1. The van der Waals surface area contributed by atoms with Crippen molar-refractivity contribution in [2.75, 3.05) is 0 Å². The minimum Gasteiger partial charge on any atom is -0.462 e. The highest BCUT2D eigenvalue weighted by Crippen LogP contribution is 2.09. The molecule has 0 bridgehead atoms. The van der Waals surface area contributed by atoms with Gasteiger partial charge in [-0.05, 0) is 37.6 Å². The number of carbonyl (C=O) groups is 1. The smallest absolute Gasteiger partial charge is 0.293 e. The molecule has 0 aliphatic carbocycles. The Morgan fingerprint density at radius 1 is 1.12 bits per heavy atom. The number of benzene rings is 1. The van der Waals surface area contributed by atoms with Gasteiger partial charge in [0.1, 0.15) is 5.60 Å². The third-order valence-electron chi connectivity index (χ3n) is 1.95. The molecule has 2 rings (SSSR count). The van der Waals surface area contributed by atoms with E-state index in [4.69, 9.17) is 0 Å². The number of rotatable bonds is 1. The topological polar surface area (TPSA) is 39.2 Å². The van der Waals surface area contributed by atoms with Crippen molar-refractivity contribution in [3.8, 4) is 0 Å². The molecule has 0 saturated carbocycles. The average Bonchev–Trinajstić information content (AvgIpc) is 2.28. The molecule has 0 aliphatic rings. The SMILES string of the molecule is CC(C)(C)OC=O.c1ccc2cnccc2c1. The van der Waals surface area contributed by atoms with Gasteiger partial charge in [0.15, 0.2) is 0 Å². The first kappa shape index (κ1) is 13.2. The molecule has 0 saturated heterocycles. The summed E-state index contributed by atoms with van der Waals surface area (Å²) < 4.78 is 4.55. The Bertz CT molecular complexity index is 409. The first-order valence-electron chi connectivity index (χ1n) is 5.43. The minimum absolute atomic E-state index is 0.318. The van der Waals surface area contributed by atoms with Crippen molar-refractivity contribution >= 4 is 17.2 Å². The lowest BCUT2D eigenvalue weighted by molar-refractivity contribution is -0.138. The average molecular weight is 231 g/mol. The van der Waals surface area contributed by atoms with Gasteiger partial charge in [-0.25, -0.2) is 0 Å². The number of fused-ring (bicyclic) bond motifs is 1. The maximum absolute atomic E-state index is 9.60. The number of hydrogen-bond donors (Lipinski definition) is 0. The van der Waals surface area contributed by atoms with Crippen LogP contribution in [0.3, 0.4) is 0 Å². The third kappa shape index (κ3) is 5.11. The van der Waals surface area contributed by atoms with Gasteiger partial charge in [-0.15, -0.1) is 0 Å². The van der Waals surface area contributed by atoms with Crippen LogP contribution in [0.25, 0.3) is 10.8 Å². The Balaban J connectivity index is 0.000000185. The van der Waals surface area contributed by atoms with Gasteiger partial charge < -0.3 is 4.74 Å². The van der Waals surface area contributed by atoms with Gasteiger partial charge in [-0.1, -0.05) is 24.3 Å². The highest BCUT2D eigenvalue weighted by molar-refractivity contribution is 5.80. The number of hydrogen-bond acceptors (Lipinski definition) is 3. The second-order valence-corrected chi connectivity index (χ2v) is 4.55. The maximum Gasteiger partial charge on any atom is 0.293 e. The van der Waals surface area contributed by atoms with Crippen LogP contribution in [0.4, 0.5) is 0 Å². The molecule has 3 heteroatoms. The van der Waals surface area contributed by atoms with Crippen molar-refractivity contribution in [2.24, 2.45) is 0 Å². The Kier molecular flexibility index (Phi) is 4.64. The third-order valence-corrected chi connectivity index (χ3v) is 1.95. The van der Waals surface area contributed by atoms with E-state index >= 15 is 0 Å². The van der Waals surface area contributed by atoms with Crippen LogP contribution in [-0.4, -0.2) is 17.1 Å². The Morgan fingerprint density at radius 3 is 2.24 bits per heavy atom. The van der Waals surface area contributed by atoms with E-state index in [-0.39, 0.29) is 5.60 Å². The molecule has 0 N–H and O–H groups in total. The molecule has 3 nitrogen and oxygen atoms in total. The van der Waals surface area contributed by atoms with Crippen LogP contribution >= 0.6 is 0 Å². The Labute approximate surface area is 101 Å². The number of pyridine rings is 1. The highest BCUT2D eigenvalue weighted by Gasteiger charge is 2.07. The van der Waals surface area contributed by atoms with Gasteiger partial charge in [0, 0.05) is 12.4 Å². The summed E-state index contributed by atoms with van der Waals surface area (Å²) in [7, 11) is 0. The molecule has 0 unspecified atom stereocenters. The minimum atomic E-state index is -0.318. The monoisotopic (exact) mass is 231 g/mol. The molecule has 2 aromatic rings. The van der Waals surface area contributed by atoms with E-state index in [1.807, 2.05) is 51.4 Å². The van der Waals surface area contributed by atoms with Crippen LogP contribution in [0.2, 0.25) is 0 Å². The second kappa shape index (κ2) is 5.99. The van der Waals surface area contributed by atoms with Gasteiger partial charge in [0.2, 0.25) is 0 Å². The van der Waals surface area contributed by atoms with Crippen LogP contribution in [0.5, 0.6) is 0 Å². The van der Waals surface area contributed by atoms with Crippen molar-refractivity contribution in [3.63, 3.8) is 0 Å². The summed E-state index contributed by atoms with van der Waals surface area (Å²) in [6.45, 7) is 5.92. The maximum atomic E-state index is 9.60. The normalized spacial score (nSPS) is 10.3. The summed E-state index contributed by atoms with van der Waals surface area (Å²) in [5.41, 5.74) is -0.318. The summed E-state index contributed by atoms with van der Waals surface area (Å²) in [4.78, 5) is 13.6. The van der Waals surface area contributed by atoms with Gasteiger partial charge >= 0.3 is 0 Å². The van der Waals surface area contributed by atoms with Gasteiger partial charge in [-0.3, -0.25) is 9.78 Å². The zero-order valence-corrected chi connectivity index (χ0v) is 10.4. The van der Waals surface area contributed by atoms with Crippen LogP contribution in [-0.2, 0) is 9.53 Å². The van der Waals surface area contributed by atoms with Crippen LogP contribution < -0.4 is 0 Å². The molecule has 17 heavy (non-hydrogen) atoms. The van der Waals surface area contributed by atoms with E-state index in [9.17, 15) is 4.79 Å². The number of carbonyl (C=O) groups excluding carboxylic acids is 1. The lowest BCUT2D eigenvalue weighted by Crippen LogP contribution is -2.17. The van der Waals surface area contributed by atoms with Gasteiger partial charge in [0.05, 0.1) is 0 Å².